The Bertz CT molecular complexity index is 1910. The Hall–Kier alpha value is -3.74. The first-order valence-corrected chi connectivity index (χ1v) is 16.0. The normalized spacial score (nSPS) is 14.4. The number of fused-ring (bicyclic) bond motifs is 1. The smallest absolute Gasteiger partial charge is 0.337 e. The largest absolute Gasteiger partial charge is 0.490 e. The minimum absolute atomic E-state index is 0.0426. The van der Waals surface area contributed by atoms with Crippen molar-refractivity contribution in [3.05, 3.63) is 118 Å². The molecule has 0 amide bonds. The highest BCUT2D eigenvalue weighted by Gasteiger charge is 2.31. The molecule has 0 N–H and O–H groups in total. The summed E-state index contributed by atoms with van der Waals surface area (Å²) in [6, 6.07) is 14.6. The molecule has 0 fully saturated rings. The number of carbonyl (C=O) groups is 1. The lowest BCUT2D eigenvalue weighted by Gasteiger charge is -2.23. The molecule has 44 heavy (non-hydrogen) atoms. The van der Waals surface area contributed by atoms with Crippen molar-refractivity contribution in [1.82, 2.24) is 4.57 Å². The quantitative estimate of drug-likeness (QED) is 0.184. The van der Waals surface area contributed by atoms with Crippen LogP contribution in [-0.2, 0) is 16.1 Å². The summed E-state index contributed by atoms with van der Waals surface area (Å²) < 4.78 is 39.7. The van der Waals surface area contributed by atoms with E-state index in [0.717, 1.165) is 0 Å². The molecule has 0 radical (unpaired) electrons. The molecule has 1 aliphatic heterocycles. The molecule has 2 heterocycles. The standard InChI is InChI=1S/C32H27Br2FN2O6S/c1-4-41-25-11-10-19(15-26(25)42-5-2)28-21(31(39)40-3)16-36-32-37(28)30(38)27(44-32)14-18-12-22(33)29(23(34)13-18)43-17-20-8-6-7-9-24(20)35/h6-16,28H,4-5,17H2,1-3H3/b27-14-/t28-/m0/s1. The maximum Gasteiger partial charge on any atom is 0.337 e. The summed E-state index contributed by atoms with van der Waals surface area (Å²) in [5, 5.41) is 0. The zero-order valence-corrected chi connectivity index (χ0v) is 27.9. The molecular formula is C32H27Br2FN2O6S. The number of nitrogens with zero attached hydrogens (tertiary/aromatic N) is 2. The summed E-state index contributed by atoms with van der Waals surface area (Å²) in [6.07, 6.45) is 3.18. The summed E-state index contributed by atoms with van der Waals surface area (Å²) in [5.41, 5.74) is 1.65. The molecule has 3 aromatic carbocycles. The van der Waals surface area contributed by atoms with Crippen LogP contribution in [0.15, 0.2) is 85.1 Å². The van der Waals surface area contributed by atoms with Crippen LogP contribution in [0.25, 0.3) is 6.08 Å². The average Bonchev–Trinajstić information content (AvgIpc) is 3.32. The molecule has 4 aromatic rings. The highest BCUT2D eigenvalue weighted by molar-refractivity contribution is 9.11. The van der Waals surface area contributed by atoms with Gasteiger partial charge in [0.1, 0.15) is 18.2 Å². The SMILES string of the molecule is CCOc1ccc([C@H]2C(C(=O)OC)=CN=c3s/c(=C\c4cc(Br)c(OCc5ccccc5F)c(Br)c4)c(=O)n32)cc1OCC. The van der Waals surface area contributed by atoms with E-state index in [4.69, 9.17) is 18.9 Å². The van der Waals surface area contributed by atoms with Crippen molar-refractivity contribution in [2.45, 2.75) is 26.5 Å². The van der Waals surface area contributed by atoms with Crippen LogP contribution in [0.4, 0.5) is 4.39 Å². The molecule has 8 nitrogen and oxygen atoms in total. The minimum atomic E-state index is -0.802. The molecule has 228 valence electrons. The Balaban J connectivity index is 1.55. The van der Waals surface area contributed by atoms with E-state index >= 15 is 0 Å². The number of hydrogen-bond donors (Lipinski definition) is 0. The Labute approximate surface area is 273 Å². The molecule has 1 aliphatic rings. The van der Waals surface area contributed by atoms with E-state index in [9.17, 15) is 14.0 Å². The number of ether oxygens (including phenoxy) is 4. The number of benzene rings is 3. The number of aromatic nitrogens is 1. The lowest BCUT2D eigenvalue weighted by molar-refractivity contribution is -0.136. The van der Waals surface area contributed by atoms with E-state index < -0.39 is 12.0 Å². The van der Waals surface area contributed by atoms with Crippen LogP contribution in [0.1, 0.15) is 36.6 Å². The third-order valence-corrected chi connectivity index (χ3v) is 8.83. The van der Waals surface area contributed by atoms with Gasteiger partial charge >= 0.3 is 5.97 Å². The molecule has 0 saturated carbocycles. The number of methoxy groups -OCH3 is 1. The second-order valence-electron chi connectivity index (χ2n) is 9.44. The van der Waals surface area contributed by atoms with Gasteiger partial charge in [0, 0.05) is 11.8 Å². The van der Waals surface area contributed by atoms with Gasteiger partial charge in [-0.2, -0.15) is 0 Å². The van der Waals surface area contributed by atoms with Crippen molar-refractivity contribution >= 4 is 55.2 Å². The van der Waals surface area contributed by atoms with Crippen LogP contribution >= 0.6 is 43.2 Å². The predicted molar refractivity (Wildman–Crippen MR) is 173 cm³/mol. The zero-order chi connectivity index (χ0) is 31.4. The Morgan fingerprint density at radius 3 is 2.41 bits per heavy atom. The van der Waals surface area contributed by atoms with Gasteiger partial charge in [-0.15, -0.1) is 0 Å². The first-order chi connectivity index (χ1) is 21.2. The number of hydrogen-bond acceptors (Lipinski definition) is 8. The van der Waals surface area contributed by atoms with Gasteiger partial charge < -0.3 is 18.9 Å². The molecule has 0 saturated heterocycles. The topological polar surface area (TPSA) is 88.4 Å². The van der Waals surface area contributed by atoms with Crippen molar-refractivity contribution < 1.29 is 28.1 Å². The van der Waals surface area contributed by atoms with Gasteiger partial charge in [0.2, 0.25) is 0 Å². The van der Waals surface area contributed by atoms with Crippen molar-refractivity contribution in [3.8, 4) is 17.2 Å². The molecule has 1 atom stereocenters. The van der Waals surface area contributed by atoms with Crippen molar-refractivity contribution in [2.75, 3.05) is 20.3 Å². The zero-order valence-electron chi connectivity index (χ0n) is 23.9. The lowest BCUT2D eigenvalue weighted by Crippen LogP contribution is -2.39. The van der Waals surface area contributed by atoms with Gasteiger partial charge in [-0.1, -0.05) is 35.6 Å². The second-order valence-corrected chi connectivity index (χ2v) is 12.2. The highest BCUT2D eigenvalue weighted by atomic mass is 79.9. The van der Waals surface area contributed by atoms with Crippen molar-refractivity contribution in [3.63, 3.8) is 0 Å². The van der Waals surface area contributed by atoms with Crippen LogP contribution in [0.2, 0.25) is 0 Å². The van der Waals surface area contributed by atoms with Gasteiger partial charge in [-0.3, -0.25) is 9.36 Å². The predicted octanol–water partition coefficient (Wildman–Crippen LogP) is 6.06. The number of esters is 1. The van der Waals surface area contributed by atoms with Crippen LogP contribution in [0.5, 0.6) is 17.2 Å². The highest BCUT2D eigenvalue weighted by Crippen LogP contribution is 2.37. The number of halogens is 3. The maximum absolute atomic E-state index is 14.1. The van der Waals surface area contributed by atoms with Crippen LogP contribution in [0, 0.1) is 5.82 Å². The molecule has 12 heteroatoms. The first kappa shape index (κ1) is 31.7. The molecular weight excluding hydrogens is 719 g/mol. The monoisotopic (exact) mass is 744 g/mol. The third kappa shape index (κ3) is 6.52. The number of rotatable bonds is 10. The van der Waals surface area contributed by atoms with Crippen LogP contribution in [-0.4, -0.2) is 30.9 Å². The molecule has 0 spiro atoms. The van der Waals surface area contributed by atoms with E-state index in [1.807, 2.05) is 13.8 Å². The molecule has 0 bridgehead atoms. The van der Waals surface area contributed by atoms with E-state index in [1.54, 1.807) is 54.6 Å². The Kier molecular flexibility index (Phi) is 10.0. The maximum atomic E-state index is 14.1. The minimum Gasteiger partial charge on any atom is -0.490 e. The second kappa shape index (κ2) is 13.9. The summed E-state index contributed by atoms with van der Waals surface area (Å²) in [4.78, 5) is 31.6. The fourth-order valence-electron chi connectivity index (χ4n) is 4.70. The summed E-state index contributed by atoms with van der Waals surface area (Å²) in [7, 11) is 1.29. The summed E-state index contributed by atoms with van der Waals surface area (Å²) >= 11 is 8.28. The van der Waals surface area contributed by atoms with E-state index in [0.29, 0.717) is 65.4 Å². The van der Waals surface area contributed by atoms with Crippen LogP contribution < -0.4 is 29.1 Å². The fourth-order valence-corrected chi connectivity index (χ4v) is 7.12. The molecule has 0 unspecified atom stereocenters. The lowest BCUT2D eigenvalue weighted by atomic mass is 9.97. The third-order valence-electron chi connectivity index (χ3n) is 6.66. The number of carbonyl (C=O) groups excluding carboxylic acids is 1. The molecule has 0 aliphatic carbocycles. The molecule has 1 aromatic heterocycles. The first-order valence-electron chi connectivity index (χ1n) is 13.6. The van der Waals surface area contributed by atoms with Gasteiger partial charge in [0.15, 0.2) is 16.3 Å². The van der Waals surface area contributed by atoms with Gasteiger partial charge in [-0.25, -0.2) is 14.2 Å². The average molecular weight is 746 g/mol. The Morgan fingerprint density at radius 2 is 1.73 bits per heavy atom. The van der Waals surface area contributed by atoms with Gasteiger partial charge in [0.05, 0.1) is 45.4 Å². The van der Waals surface area contributed by atoms with E-state index in [2.05, 4.69) is 36.9 Å². The number of thiazole rings is 1. The Morgan fingerprint density at radius 1 is 1.02 bits per heavy atom. The molecule has 5 rings (SSSR count). The summed E-state index contributed by atoms with van der Waals surface area (Å²) in [6.45, 7) is 4.64. The van der Waals surface area contributed by atoms with E-state index in [-0.39, 0.29) is 23.6 Å². The van der Waals surface area contributed by atoms with Crippen LogP contribution in [0.3, 0.4) is 0 Å². The summed E-state index contributed by atoms with van der Waals surface area (Å²) in [5.74, 6) is 0.613. The van der Waals surface area contributed by atoms with Crippen molar-refractivity contribution in [1.29, 1.82) is 0 Å². The van der Waals surface area contributed by atoms with Gasteiger partial charge in [-0.05, 0) is 93.2 Å². The van der Waals surface area contributed by atoms with E-state index in [1.165, 1.54) is 35.3 Å². The fraction of sp³-hybridized carbons (Fsp3) is 0.219. The van der Waals surface area contributed by atoms with Crippen molar-refractivity contribution in [2.24, 2.45) is 4.99 Å². The van der Waals surface area contributed by atoms with Gasteiger partial charge in [0.25, 0.3) is 5.56 Å².